The van der Waals surface area contributed by atoms with Crippen LogP contribution in [-0.4, -0.2) is 23.5 Å². The molecule has 0 amide bonds. The molecule has 0 radical (unpaired) electrons. The molecule has 0 spiro atoms. The molecule has 8 heteroatoms. The van der Waals surface area contributed by atoms with Crippen molar-refractivity contribution < 1.29 is 13.2 Å². The van der Waals surface area contributed by atoms with E-state index in [4.69, 9.17) is 0 Å². The van der Waals surface area contributed by atoms with Crippen molar-refractivity contribution in [2.45, 2.75) is 45.5 Å². The summed E-state index contributed by atoms with van der Waals surface area (Å²) in [5.74, 6) is 0.580. The van der Waals surface area contributed by atoms with Gasteiger partial charge in [-0.3, -0.25) is 0 Å². The molecule has 4 nitrogen and oxygen atoms in total. The Hall–Kier alpha value is -2.09. The minimum atomic E-state index is -4.41. The first-order chi connectivity index (χ1) is 12.4. The van der Waals surface area contributed by atoms with Crippen LogP contribution in [0, 0.1) is 0 Å². The Morgan fingerprint density at radius 1 is 1.27 bits per heavy atom. The van der Waals surface area contributed by atoms with E-state index < -0.39 is 11.9 Å². The van der Waals surface area contributed by atoms with E-state index in [2.05, 4.69) is 39.7 Å². The smallest absolute Gasteiger partial charge is 0.357 e. The number of rotatable bonds is 7. The third-order valence-electron chi connectivity index (χ3n) is 3.65. The molecule has 1 aromatic carbocycles. The van der Waals surface area contributed by atoms with Gasteiger partial charge in [-0.15, -0.1) is 11.3 Å². The summed E-state index contributed by atoms with van der Waals surface area (Å²) in [5.41, 5.74) is 0.410. The molecule has 0 saturated carbocycles. The number of nitrogens with zero attached hydrogens (tertiary/aromatic N) is 2. The van der Waals surface area contributed by atoms with Crippen molar-refractivity contribution in [3.8, 4) is 0 Å². The zero-order valence-corrected chi connectivity index (χ0v) is 15.6. The first-order valence-electron chi connectivity index (χ1n) is 8.49. The Kier molecular flexibility index (Phi) is 7.44. The van der Waals surface area contributed by atoms with E-state index in [0.29, 0.717) is 17.5 Å². The molecule has 2 aromatic rings. The van der Waals surface area contributed by atoms with Crippen molar-refractivity contribution in [2.24, 2.45) is 4.99 Å². The van der Waals surface area contributed by atoms with Gasteiger partial charge in [-0.25, -0.2) is 9.98 Å². The summed E-state index contributed by atoms with van der Waals surface area (Å²) in [5, 5.41) is 7.76. The highest BCUT2D eigenvalue weighted by Gasteiger charge is 2.33. The summed E-state index contributed by atoms with van der Waals surface area (Å²) in [6, 6.07) is 10.4. The zero-order valence-electron chi connectivity index (χ0n) is 14.8. The van der Waals surface area contributed by atoms with Gasteiger partial charge in [0.25, 0.3) is 0 Å². The second kappa shape index (κ2) is 9.56. The number of aliphatic imine (C=N–C) groups is 1. The minimum Gasteiger partial charge on any atom is -0.357 e. The summed E-state index contributed by atoms with van der Waals surface area (Å²) in [6.07, 6.45) is -2.55. The molecule has 1 unspecified atom stereocenters. The highest BCUT2D eigenvalue weighted by atomic mass is 32.1. The summed E-state index contributed by atoms with van der Waals surface area (Å²) < 4.78 is 37.8. The molecule has 1 atom stereocenters. The Bertz CT molecular complexity index is 698. The number of hydrogen-bond donors (Lipinski definition) is 2. The van der Waals surface area contributed by atoms with Crippen LogP contribution in [0.2, 0.25) is 0 Å². The largest absolute Gasteiger partial charge is 0.434 e. The van der Waals surface area contributed by atoms with E-state index in [1.807, 2.05) is 25.1 Å². The standard InChI is InChI=1S/C18H23F3N4S/c1-3-22-17(23-11-16-25-15(12-26-16)18(19,20)21)24-13(2)9-10-14-7-5-4-6-8-14/h4-8,12-13H,3,9-11H2,1-2H3,(H2,22,23,24). The SMILES string of the molecule is CCNC(=NCc1nc(C(F)(F)F)cs1)NC(C)CCc1ccccc1. The summed E-state index contributed by atoms with van der Waals surface area (Å²) >= 11 is 0.969. The number of benzene rings is 1. The van der Waals surface area contributed by atoms with Gasteiger partial charge in [-0.05, 0) is 32.3 Å². The predicted molar refractivity (Wildman–Crippen MR) is 99.3 cm³/mol. The van der Waals surface area contributed by atoms with Crippen LogP contribution in [0.4, 0.5) is 13.2 Å². The zero-order chi connectivity index (χ0) is 19.0. The molecule has 2 N–H and O–H groups in total. The van der Waals surface area contributed by atoms with E-state index in [-0.39, 0.29) is 12.6 Å². The number of aromatic nitrogens is 1. The molecular weight excluding hydrogens is 361 g/mol. The maximum Gasteiger partial charge on any atom is 0.434 e. The lowest BCUT2D eigenvalue weighted by Gasteiger charge is -2.17. The topological polar surface area (TPSA) is 49.3 Å². The molecule has 1 aromatic heterocycles. The molecule has 0 bridgehead atoms. The molecule has 0 fully saturated rings. The molecule has 2 rings (SSSR count). The fourth-order valence-corrected chi connectivity index (χ4v) is 3.04. The quantitative estimate of drug-likeness (QED) is 0.555. The predicted octanol–water partition coefficient (Wildman–Crippen LogP) is 4.24. The van der Waals surface area contributed by atoms with Gasteiger partial charge in [0.15, 0.2) is 11.7 Å². The van der Waals surface area contributed by atoms with Crippen molar-refractivity contribution in [3.05, 3.63) is 52.0 Å². The third-order valence-corrected chi connectivity index (χ3v) is 4.48. The van der Waals surface area contributed by atoms with Crippen LogP contribution >= 0.6 is 11.3 Å². The fraction of sp³-hybridized carbons (Fsp3) is 0.444. The third kappa shape index (κ3) is 6.67. The van der Waals surface area contributed by atoms with E-state index in [9.17, 15) is 13.2 Å². The molecule has 0 aliphatic rings. The number of thiazole rings is 1. The Balaban J connectivity index is 1.90. The van der Waals surface area contributed by atoms with Crippen molar-refractivity contribution in [1.29, 1.82) is 0 Å². The normalized spacial score (nSPS) is 13.5. The fourth-order valence-electron chi connectivity index (χ4n) is 2.31. The van der Waals surface area contributed by atoms with Crippen LogP contribution < -0.4 is 10.6 Å². The van der Waals surface area contributed by atoms with Gasteiger partial charge >= 0.3 is 6.18 Å². The van der Waals surface area contributed by atoms with Crippen LogP contribution in [0.25, 0.3) is 0 Å². The molecule has 0 aliphatic carbocycles. The molecular formula is C18H23F3N4S. The van der Waals surface area contributed by atoms with Crippen LogP contribution in [0.15, 0.2) is 40.7 Å². The number of halogens is 3. The van der Waals surface area contributed by atoms with Crippen molar-refractivity contribution in [3.63, 3.8) is 0 Å². The Morgan fingerprint density at radius 2 is 2.00 bits per heavy atom. The second-order valence-corrected chi connectivity index (χ2v) is 6.83. The van der Waals surface area contributed by atoms with Crippen LogP contribution in [-0.2, 0) is 19.1 Å². The molecule has 0 aliphatic heterocycles. The van der Waals surface area contributed by atoms with Crippen LogP contribution in [0.1, 0.15) is 36.5 Å². The van der Waals surface area contributed by atoms with Gasteiger partial charge in [0.05, 0.1) is 6.54 Å². The average Bonchev–Trinajstić information content (AvgIpc) is 3.08. The van der Waals surface area contributed by atoms with Gasteiger partial charge in [-0.2, -0.15) is 13.2 Å². The summed E-state index contributed by atoms with van der Waals surface area (Å²) in [7, 11) is 0. The molecule has 26 heavy (non-hydrogen) atoms. The van der Waals surface area contributed by atoms with Gasteiger partial charge in [-0.1, -0.05) is 30.3 Å². The van der Waals surface area contributed by atoms with Crippen LogP contribution in [0.5, 0.6) is 0 Å². The number of guanidine groups is 1. The van der Waals surface area contributed by atoms with Crippen LogP contribution in [0.3, 0.4) is 0 Å². The van der Waals surface area contributed by atoms with E-state index in [0.717, 1.165) is 29.6 Å². The van der Waals surface area contributed by atoms with E-state index >= 15 is 0 Å². The Morgan fingerprint density at radius 3 is 2.62 bits per heavy atom. The monoisotopic (exact) mass is 384 g/mol. The van der Waals surface area contributed by atoms with Crippen molar-refractivity contribution in [1.82, 2.24) is 15.6 Å². The van der Waals surface area contributed by atoms with Crippen molar-refractivity contribution in [2.75, 3.05) is 6.54 Å². The molecule has 0 saturated heterocycles. The van der Waals surface area contributed by atoms with Gasteiger partial charge < -0.3 is 10.6 Å². The lowest BCUT2D eigenvalue weighted by Crippen LogP contribution is -2.42. The maximum atomic E-state index is 12.6. The minimum absolute atomic E-state index is 0.113. The summed E-state index contributed by atoms with van der Waals surface area (Å²) in [6.45, 7) is 4.78. The number of aryl methyl sites for hydroxylation is 1. The molecule has 142 valence electrons. The Labute approximate surface area is 155 Å². The molecule has 1 heterocycles. The first-order valence-corrected chi connectivity index (χ1v) is 9.36. The highest BCUT2D eigenvalue weighted by Crippen LogP contribution is 2.30. The number of hydrogen-bond acceptors (Lipinski definition) is 3. The second-order valence-electron chi connectivity index (χ2n) is 5.89. The van der Waals surface area contributed by atoms with E-state index in [1.54, 1.807) is 0 Å². The lowest BCUT2D eigenvalue weighted by atomic mass is 10.1. The average molecular weight is 384 g/mol. The number of nitrogens with one attached hydrogen (secondary N) is 2. The number of alkyl halides is 3. The van der Waals surface area contributed by atoms with E-state index in [1.165, 1.54) is 5.56 Å². The first kappa shape index (κ1) is 20.2. The highest BCUT2D eigenvalue weighted by molar-refractivity contribution is 7.09. The van der Waals surface area contributed by atoms with Gasteiger partial charge in [0.1, 0.15) is 5.01 Å². The van der Waals surface area contributed by atoms with Gasteiger partial charge in [0.2, 0.25) is 0 Å². The summed E-state index contributed by atoms with van der Waals surface area (Å²) in [4.78, 5) is 7.95. The van der Waals surface area contributed by atoms with Gasteiger partial charge in [0, 0.05) is 18.0 Å². The lowest BCUT2D eigenvalue weighted by molar-refractivity contribution is -0.140. The van der Waals surface area contributed by atoms with Crippen molar-refractivity contribution >= 4 is 17.3 Å². The maximum absolute atomic E-state index is 12.6.